The molecule has 4 heteroatoms. The minimum atomic E-state index is -0.544. The molecule has 0 aliphatic carbocycles. The highest BCUT2D eigenvalue weighted by atomic mass is 79.9. The normalized spacial score (nSPS) is 13.5. The monoisotopic (exact) mass is 346 g/mol. The van der Waals surface area contributed by atoms with Crippen molar-refractivity contribution in [3.05, 3.63) is 70.2 Å². The molecule has 2 rings (SSSR count). The van der Waals surface area contributed by atoms with E-state index in [1.165, 1.54) is 0 Å². The highest BCUT2D eigenvalue weighted by Crippen LogP contribution is 2.22. The van der Waals surface area contributed by atoms with Gasteiger partial charge < -0.3 is 11.1 Å². The van der Waals surface area contributed by atoms with E-state index in [1.807, 2.05) is 61.5 Å². The summed E-state index contributed by atoms with van der Waals surface area (Å²) in [7, 11) is 0. The Balaban J connectivity index is 1.96. The fraction of sp³-hybridized carbons (Fsp3) is 0.235. The second-order valence-corrected chi connectivity index (χ2v) is 5.90. The van der Waals surface area contributed by atoms with Gasteiger partial charge in [-0.25, -0.2) is 0 Å². The number of rotatable bonds is 5. The zero-order valence-electron chi connectivity index (χ0n) is 11.9. The Labute approximate surface area is 133 Å². The second kappa shape index (κ2) is 7.38. The largest absolute Gasteiger partial charge is 0.348 e. The number of carbonyl (C=O) groups excluding carboxylic acids is 1. The van der Waals surface area contributed by atoms with Gasteiger partial charge in [-0.15, -0.1) is 0 Å². The van der Waals surface area contributed by atoms with Crippen molar-refractivity contribution in [2.45, 2.75) is 25.4 Å². The predicted molar refractivity (Wildman–Crippen MR) is 88.8 cm³/mol. The SMILES string of the molecule is CC(NC(=O)C(N)Cc1ccccc1)c1ccccc1Br. The molecule has 2 unspecified atom stereocenters. The summed E-state index contributed by atoms with van der Waals surface area (Å²) in [5.41, 5.74) is 8.09. The van der Waals surface area contributed by atoms with Crippen molar-refractivity contribution in [1.82, 2.24) is 5.32 Å². The zero-order valence-corrected chi connectivity index (χ0v) is 13.5. The first-order valence-corrected chi connectivity index (χ1v) is 7.71. The molecule has 0 aliphatic rings. The van der Waals surface area contributed by atoms with E-state index >= 15 is 0 Å². The van der Waals surface area contributed by atoms with Gasteiger partial charge in [-0.1, -0.05) is 64.5 Å². The number of amides is 1. The van der Waals surface area contributed by atoms with E-state index in [9.17, 15) is 4.79 Å². The molecule has 0 aliphatic heterocycles. The van der Waals surface area contributed by atoms with Crippen molar-refractivity contribution in [2.75, 3.05) is 0 Å². The Morgan fingerprint density at radius 2 is 1.76 bits per heavy atom. The topological polar surface area (TPSA) is 55.1 Å². The van der Waals surface area contributed by atoms with Crippen molar-refractivity contribution < 1.29 is 4.79 Å². The van der Waals surface area contributed by atoms with Gasteiger partial charge in [0, 0.05) is 4.47 Å². The van der Waals surface area contributed by atoms with Gasteiger partial charge in [-0.2, -0.15) is 0 Å². The average Bonchev–Trinajstić information content (AvgIpc) is 2.48. The summed E-state index contributed by atoms with van der Waals surface area (Å²) in [5, 5.41) is 2.96. The van der Waals surface area contributed by atoms with Crippen LogP contribution >= 0.6 is 15.9 Å². The minimum absolute atomic E-state index is 0.0881. The molecule has 3 N–H and O–H groups in total. The molecule has 2 atom stereocenters. The maximum Gasteiger partial charge on any atom is 0.237 e. The van der Waals surface area contributed by atoms with Gasteiger partial charge in [0.2, 0.25) is 5.91 Å². The molecule has 21 heavy (non-hydrogen) atoms. The van der Waals surface area contributed by atoms with Crippen LogP contribution in [0.2, 0.25) is 0 Å². The molecule has 0 bridgehead atoms. The molecular weight excluding hydrogens is 328 g/mol. The van der Waals surface area contributed by atoms with Gasteiger partial charge in [-0.05, 0) is 30.5 Å². The molecule has 0 aromatic heterocycles. The van der Waals surface area contributed by atoms with Crippen LogP contribution in [0.1, 0.15) is 24.1 Å². The molecule has 0 saturated heterocycles. The Kier molecular flexibility index (Phi) is 5.53. The van der Waals surface area contributed by atoms with E-state index in [0.717, 1.165) is 15.6 Å². The molecule has 0 fully saturated rings. The second-order valence-electron chi connectivity index (χ2n) is 5.05. The third kappa shape index (κ3) is 4.41. The van der Waals surface area contributed by atoms with Gasteiger partial charge in [0.05, 0.1) is 12.1 Å². The summed E-state index contributed by atoms with van der Waals surface area (Å²) < 4.78 is 0.981. The van der Waals surface area contributed by atoms with Crippen molar-refractivity contribution >= 4 is 21.8 Å². The van der Waals surface area contributed by atoms with E-state index in [1.54, 1.807) is 0 Å². The van der Waals surface area contributed by atoms with Gasteiger partial charge in [0.25, 0.3) is 0 Å². The number of nitrogens with one attached hydrogen (secondary N) is 1. The maximum atomic E-state index is 12.2. The lowest BCUT2D eigenvalue weighted by Crippen LogP contribution is -2.43. The molecule has 0 heterocycles. The molecule has 0 spiro atoms. The molecule has 3 nitrogen and oxygen atoms in total. The van der Waals surface area contributed by atoms with Crippen molar-refractivity contribution in [1.29, 1.82) is 0 Å². The van der Waals surface area contributed by atoms with Gasteiger partial charge >= 0.3 is 0 Å². The van der Waals surface area contributed by atoms with E-state index in [2.05, 4.69) is 21.2 Å². The molecule has 1 amide bonds. The number of halogens is 1. The quantitative estimate of drug-likeness (QED) is 0.873. The fourth-order valence-corrected chi connectivity index (χ4v) is 2.81. The van der Waals surface area contributed by atoms with Crippen LogP contribution < -0.4 is 11.1 Å². The van der Waals surface area contributed by atoms with Crippen LogP contribution in [0.15, 0.2) is 59.1 Å². The van der Waals surface area contributed by atoms with Gasteiger partial charge in [0.1, 0.15) is 0 Å². The van der Waals surface area contributed by atoms with Gasteiger partial charge in [-0.3, -0.25) is 4.79 Å². The first-order valence-electron chi connectivity index (χ1n) is 6.92. The molecule has 2 aromatic rings. The van der Waals surface area contributed by atoms with E-state index in [-0.39, 0.29) is 11.9 Å². The predicted octanol–water partition coefficient (Wildman–Crippen LogP) is 3.20. The number of hydrogen-bond acceptors (Lipinski definition) is 2. The highest BCUT2D eigenvalue weighted by molar-refractivity contribution is 9.10. The molecule has 0 radical (unpaired) electrons. The molecular formula is C17H19BrN2O. The smallest absolute Gasteiger partial charge is 0.237 e. The standard InChI is InChI=1S/C17H19BrN2O/c1-12(14-9-5-6-10-15(14)18)20-17(21)16(19)11-13-7-3-2-4-8-13/h2-10,12,16H,11,19H2,1H3,(H,20,21). The first kappa shape index (κ1) is 15.7. The van der Waals surface area contributed by atoms with Crippen LogP contribution in [0.4, 0.5) is 0 Å². The van der Waals surface area contributed by atoms with Crippen LogP contribution in [0.3, 0.4) is 0 Å². The van der Waals surface area contributed by atoms with Crippen molar-refractivity contribution in [2.24, 2.45) is 5.73 Å². The number of carbonyl (C=O) groups is 1. The highest BCUT2D eigenvalue weighted by Gasteiger charge is 2.18. The van der Waals surface area contributed by atoms with Crippen LogP contribution in [0.5, 0.6) is 0 Å². The third-order valence-corrected chi connectivity index (χ3v) is 4.09. The van der Waals surface area contributed by atoms with E-state index in [0.29, 0.717) is 6.42 Å². The Hall–Kier alpha value is -1.65. The summed E-state index contributed by atoms with van der Waals surface area (Å²) in [5.74, 6) is -0.137. The van der Waals surface area contributed by atoms with Crippen molar-refractivity contribution in [3.63, 3.8) is 0 Å². The zero-order chi connectivity index (χ0) is 15.2. The Bertz CT molecular complexity index is 601. The van der Waals surface area contributed by atoms with Crippen LogP contribution in [-0.4, -0.2) is 11.9 Å². The lowest BCUT2D eigenvalue weighted by atomic mass is 10.0. The Morgan fingerprint density at radius 3 is 2.43 bits per heavy atom. The maximum absolute atomic E-state index is 12.2. The summed E-state index contributed by atoms with van der Waals surface area (Å²) in [6.45, 7) is 1.95. The number of nitrogens with two attached hydrogens (primary N) is 1. The number of hydrogen-bond donors (Lipinski definition) is 2. The summed E-state index contributed by atoms with van der Waals surface area (Å²) in [4.78, 5) is 12.2. The van der Waals surface area contributed by atoms with Crippen LogP contribution in [0, 0.1) is 0 Å². The lowest BCUT2D eigenvalue weighted by Gasteiger charge is -2.19. The van der Waals surface area contributed by atoms with Gasteiger partial charge in [0.15, 0.2) is 0 Å². The molecule has 2 aromatic carbocycles. The van der Waals surface area contributed by atoms with E-state index in [4.69, 9.17) is 5.73 Å². The lowest BCUT2D eigenvalue weighted by molar-refractivity contribution is -0.123. The summed E-state index contributed by atoms with van der Waals surface area (Å²) >= 11 is 3.50. The fourth-order valence-electron chi connectivity index (χ4n) is 2.19. The third-order valence-electron chi connectivity index (χ3n) is 3.37. The first-order chi connectivity index (χ1) is 10.1. The minimum Gasteiger partial charge on any atom is -0.348 e. The summed E-state index contributed by atoms with van der Waals surface area (Å²) in [6, 6.07) is 17.0. The van der Waals surface area contributed by atoms with Crippen molar-refractivity contribution in [3.8, 4) is 0 Å². The molecule has 0 saturated carbocycles. The van der Waals surface area contributed by atoms with E-state index < -0.39 is 6.04 Å². The van der Waals surface area contributed by atoms with Crippen LogP contribution in [-0.2, 0) is 11.2 Å². The average molecular weight is 347 g/mol. The van der Waals surface area contributed by atoms with Crippen LogP contribution in [0.25, 0.3) is 0 Å². The number of benzene rings is 2. The molecule has 110 valence electrons. The summed E-state index contributed by atoms with van der Waals surface area (Å²) in [6.07, 6.45) is 0.537. The Morgan fingerprint density at radius 1 is 1.14 bits per heavy atom.